The number of rotatable bonds is 7. The maximum Gasteiger partial charge on any atom is 0.270 e. The minimum absolute atomic E-state index is 0.0309. The number of nitrogens with one attached hydrogen (secondary N) is 2. The van der Waals surface area contributed by atoms with E-state index in [9.17, 15) is 13.2 Å². The fourth-order valence-corrected chi connectivity index (χ4v) is 4.29. The van der Waals surface area contributed by atoms with Gasteiger partial charge in [-0.05, 0) is 11.0 Å². The molecule has 12 heteroatoms. The van der Waals surface area contributed by atoms with E-state index >= 15 is 0 Å². The number of nitrogens with zero attached hydrogens (tertiary/aromatic N) is 4. The molecule has 1 aromatic carbocycles. The zero-order valence-electron chi connectivity index (χ0n) is 17.0. The molecule has 0 aliphatic heterocycles. The number of benzene rings is 1. The van der Waals surface area contributed by atoms with Gasteiger partial charge >= 0.3 is 0 Å². The first kappa shape index (κ1) is 22.0. The zero-order valence-corrected chi connectivity index (χ0v) is 18.6. The van der Waals surface area contributed by atoms with Gasteiger partial charge in [0.25, 0.3) is 10.0 Å². The predicted octanol–water partition coefficient (Wildman–Crippen LogP) is 2.71. The smallest absolute Gasteiger partial charge is 0.270 e. The number of anilines is 1. The topological polar surface area (TPSA) is 140 Å². The Morgan fingerprint density at radius 3 is 2.50 bits per heavy atom. The highest BCUT2D eigenvalue weighted by atomic mass is 32.2. The Hall–Kier alpha value is -2.70. The molecular weight excluding hydrogens is 428 g/mol. The van der Waals surface area contributed by atoms with E-state index in [0.29, 0.717) is 5.82 Å². The summed E-state index contributed by atoms with van der Waals surface area (Å²) < 4.78 is 32.0. The van der Waals surface area contributed by atoms with Crippen molar-refractivity contribution in [3.05, 3.63) is 35.7 Å². The molecule has 0 fully saturated rings. The quantitative estimate of drug-likeness (QED) is 0.524. The van der Waals surface area contributed by atoms with Crippen LogP contribution in [0.2, 0.25) is 0 Å². The van der Waals surface area contributed by atoms with Crippen LogP contribution in [0.4, 0.5) is 5.13 Å². The zero-order chi connectivity index (χ0) is 21.9. The lowest BCUT2D eigenvalue weighted by molar-refractivity contribution is -0.115. The van der Waals surface area contributed by atoms with E-state index < -0.39 is 10.0 Å². The standard InChI is InChI=1S/C18H22N6O4S2/c1-5-13(25)20-16-22-23-17(29-16)30(26,27)19-10-14-21-15(24-28-14)11-6-8-12(9-7-11)18(2,3)4/h6-9,19H,5,10H2,1-4H3,(H,20,22,25). The second-order valence-electron chi connectivity index (χ2n) is 7.44. The number of aromatic nitrogens is 4. The number of carbonyl (C=O) groups excluding carboxylic acids is 1. The monoisotopic (exact) mass is 450 g/mol. The summed E-state index contributed by atoms with van der Waals surface area (Å²) in [6.45, 7) is 7.84. The average molecular weight is 451 g/mol. The average Bonchev–Trinajstić information content (AvgIpc) is 3.36. The van der Waals surface area contributed by atoms with Crippen molar-refractivity contribution < 1.29 is 17.7 Å². The summed E-state index contributed by atoms with van der Waals surface area (Å²) in [5.74, 6) is 0.194. The first-order valence-electron chi connectivity index (χ1n) is 9.15. The first-order valence-corrected chi connectivity index (χ1v) is 11.4. The third-order valence-electron chi connectivity index (χ3n) is 4.09. The van der Waals surface area contributed by atoms with Gasteiger partial charge < -0.3 is 9.84 Å². The van der Waals surface area contributed by atoms with E-state index in [1.54, 1.807) is 6.92 Å². The van der Waals surface area contributed by atoms with Crippen molar-refractivity contribution in [2.45, 2.75) is 50.4 Å². The summed E-state index contributed by atoms with van der Waals surface area (Å²) in [5.41, 5.74) is 1.97. The molecule has 10 nitrogen and oxygen atoms in total. The molecule has 1 amide bonds. The Kier molecular flexibility index (Phi) is 6.29. The normalized spacial score (nSPS) is 12.1. The van der Waals surface area contributed by atoms with E-state index in [1.165, 1.54) is 5.56 Å². The first-order chi connectivity index (χ1) is 14.1. The Bertz CT molecular complexity index is 1130. The van der Waals surface area contributed by atoms with Crippen molar-refractivity contribution in [1.29, 1.82) is 0 Å². The van der Waals surface area contributed by atoms with Crippen molar-refractivity contribution >= 4 is 32.4 Å². The van der Waals surface area contributed by atoms with Crippen LogP contribution < -0.4 is 10.0 Å². The van der Waals surface area contributed by atoms with Gasteiger partial charge in [0.15, 0.2) is 0 Å². The van der Waals surface area contributed by atoms with Crippen LogP contribution in [-0.2, 0) is 26.8 Å². The second kappa shape index (κ2) is 8.58. The third kappa shape index (κ3) is 5.26. The summed E-state index contributed by atoms with van der Waals surface area (Å²) in [7, 11) is -3.94. The van der Waals surface area contributed by atoms with Gasteiger partial charge in [0.05, 0.1) is 6.54 Å². The number of sulfonamides is 1. The molecule has 3 aromatic rings. The molecule has 2 N–H and O–H groups in total. The maximum absolute atomic E-state index is 12.4. The number of amides is 1. The van der Waals surface area contributed by atoms with Gasteiger partial charge in [-0.25, -0.2) is 8.42 Å². The largest absolute Gasteiger partial charge is 0.338 e. The SMILES string of the molecule is CCC(=O)Nc1nnc(S(=O)(=O)NCc2nc(-c3ccc(C(C)(C)C)cc3)no2)s1. The van der Waals surface area contributed by atoms with Gasteiger partial charge in [-0.15, -0.1) is 10.2 Å². The van der Waals surface area contributed by atoms with Crippen molar-refractivity contribution in [3.8, 4) is 11.4 Å². The van der Waals surface area contributed by atoms with E-state index in [1.807, 2.05) is 24.3 Å². The Balaban J connectivity index is 1.65. The molecular formula is C18H22N6O4S2. The van der Waals surface area contributed by atoms with Crippen molar-refractivity contribution in [3.63, 3.8) is 0 Å². The Morgan fingerprint density at radius 2 is 1.87 bits per heavy atom. The maximum atomic E-state index is 12.4. The molecule has 0 radical (unpaired) electrons. The molecule has 30 heavy (non-hydrogen) atoms. The number of hydrogen-bond donors (Lipinski definition) is 2. The molecule has 3 rings (SSSR count). The molecule has 0 saturated carbocycles. The second-order valence-corrected chi connectivity index (χ2v) is 10.4. The van der Waals surface area contributed by atoms with Crippen LogP contribution in [-0.4, -0.2) is 34.7 Å². The van der Waals surface area contributed by atoms with Crippen LogP contribution in [0, 0.1) is 0 Å². The van der Waals surface area contributed by atoms with Crippen LogP contribution in [0.1, 0.15) is 45.6 Å². The third-order valence-corrected chi connectivity index (χ3v) is 6.70. The van der Waals surface area contributed by atoms with E-state index in [0.717, 1.165) is 16.9 Å². The van der Waals surface area contributed by atoms with Gasteiger partial charge in [0.1, 0.15) is 0 Å². The highest BCUT2D eigenvalue weighted by Gasteiger charge is 2.22. The summed E-state index contributed by atoms with van der Waals surface area (Å²) >= 11 is 0.753. The highest BCUT2D eigenvalue weighted by Crippen LogP contribution is 2.25. The molecule has 0 atom stereocenters. The van der Waals surface area contributed by atoms with E-state index in [2.05, 4.69) is 51.1 Å². The predicted molar refractivity (Wildman–Crippen MR) is 111 cm³/mol. The Morgan fingerprint density at radius 1 is 1.17 bits per heavy atom. The lowest BCUT2D eigenvalue weighted by Gasteiger charge is -2.18. The van der Waals surface area contributed by atoms with Gasteiger partial charge in [0, 0.05) is 12.0 Å². The molecule has 0 aliphatic carbocycles. The van der Waals surface area contributed by atoms with Crippen LogP contribution in [0.5, 0.6) is 0 Å². The minimum Gasteiger partial charge on any atom is -0.338 e. The van der Waals surface area contributed by atoms with Crippen LogP contribution >= 0.6 is 11.3 Å². The molecule has 0 unspecified atom stereocenters. The summed E-state index contributed by atoms with van der Waals surface area (Å²) in [5, 5.41) is 13.7. The molecule has 0 aliphatic rings. The van der Waals surface area contributed by atoms with Gasteiger partial charge in [-0.1, -0.05) is 68.5 Å². The van der Waals surface area contributed by atoms with E-state index in [4.69, 9.17) is 4.52 Å². The highest BCUT2D eigenvalue weighted by molar-refractivity contribution is 7.91. The molecule has 2 heterocycles. The molecule has 0 saturated heterocycles. The van der Waals surface area contributed by atoms with Crippen molar-refractivity contribution in [2.75, 3.05) is 5.32 Å². The fourth-order valence-electron chi connectivity index (χ4n) is 2.36. The van der Waals surface area contributed by atoms with Crippen LogP contribution in [0.3, 0.4) is 0 Å². The summed E-state index contributed by atoms with van der Waals surface area (Å²) in [4.78, 5) is 15.6. The van der Waals surface area contributed by atoms with Gasteiger partial charge in [-0.3, -0.25) is 4.79 Å². The molecule has 2 aromatic heterocycles. The van der Waals surface area contributed by atoms with Crippen LogP contribution in [0.15, 0.2) is 33.1 Å². The Labute approximate surface area is 178 Å². The van der Waals surface area contributed by atoms with Gasteiger partial charge in [-0.2, -0.15) is 9.71 Å². The summed E-state index contributed by atoms with van der Waals surface area (Å²) in [6.07, 6.45) is 0.248. The minimum atomic E-state index is -3.94. The van der Waals surface area contributed by atoms with Crippen LogP contribution in [0.25, 0.3) is 11.4 Å². The lowest BCUT2D eigenvalue weighted by Crippen LogP contribution is -2.23. The number of hydrogen-bond acceptors (Lipinski definition) is 9. The van der Waals surface area contributed by atoms with Crippen molar-refractivity contribution in [2.24, 2.45) is 0 Å². The van der Waals surface area contributed by atoms with Gasteiger partial charge in [0.2, 0.25) is 27.1 Å². The molecule has 160 valence electrons. The van der Waals surface area contributed by atoms with Crippen molar-refractivity contribution in [1.82, 2.24) is 25.1 Å². The summed E-state index contributed by atoms with van der Waals surface area (Å²) in [6, 6.07) is 7.79. The molecule has 0 bridgehead atoms. The molecule has 0 spiro atoms. The lowest BCUT2D eigenvalue weighted by atomic mass is 9.87. The van der Waals surface area contributed by atoms with E-state index in [-0.39, 0.29) is 39.6 Å². The fraction of sp³-hybridized carbons (Fsp3) is 0.389. The number of carbonyl (C=O) groups is 1.